The van der Waals surface area contributed by atoms with E-state index in [-0.39, 0.29) is 11.5 Å². The molecule has 0 amide bonds. The van der Waals surface area contributed by atoms with Crippen molar-refractivity contribution in [3.63, 3.8) is 0 Å². The van der Waals surface area contributed by atoms with Crippen LogP contribution in [0.3, 0.4) is 0 Å². The summed E-state index contributed by atoms with van der Waals surface area (Å²) in [6.45, 7) is 7.23. The van der Waals surface area contributed by atoms with Crippen molar-refractivity contribution in [1.82, 2.24) is 0 Å². The molecular weight excluding hydrogens is 224 g/mol. The highest BCUT2D eigenvalue weighted by molar-refractivity contribution is 5.42. The monoisotopic (exact) mass is 250 g/mol. The standard InChI is InChI=1S/C15H26N2O/c1-15(2,3)12-10-11(7-8-14(12)18-4)13(17)6-5-9-16/h7-8,10,13H,5-6,9,16-17H2,1-4H3. The Kier molecular flexibility index (Phi) is 5.17. The Morgan fingerprint density at radius 2 is 1.94 bits per heavy atom. The smallest absolute Gasteiger partial charge is 0.122 e. The fourth-order valence-electron chi connectivity index (χ4n) is 2.05. The predicted molar refractivity (Wildman–Crippen MR) is 76.9 cm³/mol. The molecule has 1 unspecified atom stereocenters. The number of hydrogen-bond acceptors (Lipinski definition) is 3. The minimum Gasteiger partial charge on any atom is -0.496 e. The summed E-state index contributed by atoms with van der Waals surface area (Å²) in [7, 11) is 1.71. The molecule has 0 aliphatic carbocycles. The van der Waals surface area contributed by atoms with Crippen molar-refractivity contribution >= 4 is 0 Å². The second kappa shape index (κ2) is 6.21. The van der Waals surface area contributed by atoms with E-state index in [1.807, 2.05) is 6.07 Å². The predicted octanol–water partition coefficient (Wildman–Crippen LogP) is 2.73. The van der Waals surface area contributed by atoms with Gasteiger partial charge >= 0.3 is 0 Å². The molecule has 0 saturated carbocycles. The van der Waals surface area contributed by atoms with E-state index in [2.05, 4.69) is 32.9 Å². The number of nitrogens with two attached hydrogens (primary N) is 2. The molecule has 0 aromatic heterocycles. The molecule has 18 heavy (non-hydrogen) atoms. The second-order valence-corrected chi connectivity index (χ2v) is 5.75. The van der Waals surface area contributed by atoms with Crippen LogP contribution in [-0.2, 0) is 5.41 Å². The number of benzene rings is 1. The summed E-state index contributed by atoms with van der Waals surface area (Å²) in [5, 5.41) is 0. The molecule has 1 aromatic carbocycles. The molecule has 0 heterocycles. The summed E-state index contributed by atoms with van der Waals surface area (Å²) in [4.78, 5) is 0. The summed E-state index contributed by atoms with van der Waals surface area (Å²) in [5.74, 6) is 0.928. The third kappa shape index (κ3) is 3.72. The van der Waals surface area contributed by atoms with Crippen LogP contribution in [0.15, 0.2) is 18.2 Å². The van der Waals surface area contributed by atoms with E-state index < -0.39 is 0 Å². The van der Waals surface area contributed by atoms with Crippen molar-refractivity contribution in [1.29, 1.82) is 0 Å². The molecule has 0 aliphatic rings. The van der Waals surface area contributed by atoms with Crippen LogP contribution in [0, 0.1) is 0 Å². The Balaban J connectivity index is 3.03. The maximum Gasteiger partial charge on any atom is 0.122 e. The molecule has 4 N–H and O–H groups in total. The minimum absolute atomic E-state index is 0.0505. The zero-order chi connectivity index (χ0) is 13.8. The Morgan fingerprint density at radius 1 is 1.28 bits per heavy atom. The summed E-state index contributed by atoms with van der Waals surface area (Å²) in [6, 6.07) is 6.29. The lowest BCUT2D eigenvalue weighted by Crippen LogP contribution is -2.16. The van der Waals surface area contributed by atoms with Crippen molar-refractivity contribution in [2.45, 2.75) is 45.1 Å². The van der Waals surface area contributed by atoms with Gasteiger partial charge in [0.15, 0.2) is 0 Å². The zero-order valence-electron chi connectivity index (χ0n) is 12.0. The SMILES string of the molecule is COc1ccc(C(N)CCCN)cc1C(C)(C)C. The van der Waals surface area contributed by atoms with Crippen LogP contribution in [0.2, 0.25) is 0 Å². The normalized spacial score (nSPS) is 13.4. The molecule has 1 rings (SSSR count). The van der Waals surface area contributed by atoms with E-state index in [1.54, 1.807) is 7.11 Å². The number of rotatable bonds is 5. The minimum atomic E-state index is 0.0505. The van der Waals surface area contributed by atoms with Gasteiger partial charge in [0.25, 0.3) is 0 Å². The van der Waals surface area contributed by atoms with Crippen molar-refractivity contribution < 1.29 is 4.74 Å². The third-order valence-corrected chi connectivity index (χ3v) is 3.18. The van der Waals surface area contributed by atoms with Gasteiger partial charge in [-0.1, -0.05) is 32.9 Å². The Hall–Kier alpha value is -1.06. The van der Waals surface area contributed by atoms with Crippen molar-refractivity contribution in [3.05, 3.63) is 29.3 Å². The first-order valence-corrected chi connectivity index (χ1v) is 6.54. The van der Waals surface area contributed by atoms with E-state index >= 15 is 0 Å². The van der Waals surface area contributed by atoms with Gasteiger partial charge in [-0.2, -0.15) is 0 Å². The van der Waals surface area contributed by atoms with E-state index in [0.717, 1.165) is 24.2 Å². The van der Waals surface area contributed by atoms with Crippen LogP contribution in [-0.4, -0.2) is 13.7 Å². The maximum absolute atomic E-state index is 6.19. The average Bonchev–Trinajstić information content (AvgIpc) is 2.34. The molecule has 0 spiro atoms. The quantitative estimate of drug-likeness (QED) is 0.844. The molecular formula is C15H26N2O. The van der Waals surface area contributed by atoms with Gasteiger partial charge in [-0.15, -0.1) is 0 Å². The number of methoxy groups -OCH3 is 1. The average molecular weight is 250 g/mol. The summed E-state index contributed by atoms with van der Waals surface area (Å²) >= 11 is 0. The lowest BCUT2D eigenvalue weighted by Gasteiger charge is -2.24. The third-order valence-electron chi connectivity index (χ3n) is 3.18. The van der Waals surface area contributed by atoms with E-state index in [4.69, 9.17) is 16.2 Å². The largest absolute Gasteiger partial charge is 0.496 e. The van der Waals surface area contributed by atoms with Gasteiger partial charge in [0.1, 0.15) is 5.75 Å². The van der Waals surface area contributed by atoms with Crippen LogP contribution >= 0.6 is 0 Å². The molecule has 0 radical (unpaired) electrons. The Labute approximate surface area is 111 Å². The van der Waals surface area contributed by atoms with Gasteiger partial charge in [0.2, 0.25) is 0 Å². The van der Waals surface area contributed by atoms with E-state index in [0.29, 0.717) is 6.54 Å². The molecule has 3 nitrogen and oxygen atoms in total. The first kappa shape index (κ1) is 15.0. The van der Waals surface area contributed by atoms with Crippen LogP contribution in [0.4, 0.5) is 0 Å². The highest BCUT2D eigenvalue weighted by Gasteiger charge is 2.20. The van der Waals surface area contributed by atoms with Crippen molar-refractivity contribution in [2.75, 3.05) is 13.7 Å². The summed E-state index contributed by atoms with van der Waals surface area (Å²) in [5.41, 5.74) is 14.1. The topological polar surface area (TPSA) is 61.3 Å². The molecule has 0 fully saturated rings. The number of hydrogen-bond donors (Lipinski definition) is 2. The summed E-state index contributed by atoms with van der Waals surface area (Å²) < 4.78 is 5.43. The molecule has 0 aliphatic heterocycles. The summed E-state index contributed by atoms with van der Waals surface area (Å²) in [6.07, 6.45) is 1.88. The molecule has 0 saturated heterocycles. The van der Waals surface area contributed by atoms with Crippen LogP contribution in [0.25, 0.3) is 0 Å². The van der Waals surface area contributed by atoms with Gasteiger partial charge < -0.3 is 16.2 Å². The van der Waals surface area contributed by atoms with Gasteiger partial charge in [0, 0.05) is 6.04 Å². The molecule has 0 bridgehead atoms. The van der Waals surface area contributed by atoms with Crippen LogP contribution < -0.4 is 16.2 Å². The molecule has 1 atom stereocenters. The second-order valence-electron chi connectivity index (χ2n) is 5.75. The molecule has 3 heteroatoms. The van der Waals surface area contributed by atoms with E-state index in [9.17, 15) is 0 Å². The first-order valence-electron chi connectivity index (χ1n) is 6.54. The van der Waals surface area contributed by atoms with Gasteiger partial charge in [-0.3, -0.25) is 0 Å². The van der Waals surface area contributed by atoms with Crippen LogP contribution in [0.1, 0.15) is 50.8 Å². The fraction of sp³-hybridized carbons (Fsp3) is 0.600. The highest BCUT2D eigenvalue weighted by atomic mass is 16.5. The van der Waals surface area contributed by atoms with Crippen molar-refractivity contribution in [3.8, 4) is 5.75 Å². The van der Waals surface area contributed by atoms with Crippen LogP contribution in [0.5, 0.6) is 5.75 Å². The van der Waals surface area contributed by atoms with Gasteiger partial charge in [0.05, 0.1) is 7.11 Å². The lowest BCUT2D eigenvalue weighted by atomic mass is 9.84. The molecule has 1 aromatic rings. The Morgan fingerprint density at radius 3 is 2.44 bits per heavy atom. The highest BCUT2D eigenvalue weighted by Crippen LogP contribution is 2.33. The maximum atomic E-state index is 6.19. The van der Waals surface area contributed by atoms with Crippen molar-refractivity contribution in [2.24, 2.45) is 11.5 Å². The van der Waals surface area contributed by atoms with Gasteiger partial charge in [-0.05, 0) is 42.0 Å². The Bertz CT molecular complexity index is 383. The zero-order valence-corrected chi connectivity index (χ0v) is 12.0. The molecule has 102 valence electrons. The van der Waals surface area contributed by atoms with Gasteiger partial charge in [-0.25, -0.2) is 0 Å². The number of ether oxygens (including phenoxy) is 1. The first-order chi connectivity index (χ1) is 8.40. The lowest BCUT2D eigenvalue weighted by molar-refractivity contribution is 0.397. The fourth-order valence-corrected chi connectivity index (χ4v) is 2.05. The van der Waals surface area contributed by atoms with E-state index in [1.165, 1.54) is 5.56 Å².